The molecular formula is C11H17NO. The zero-order valence-corrected chi connectivity index (χ0v) is 8.30. The van der Waals surface area contributed by atoms with Gasteiger partial charge in [0.2, 0.25) is 0 Å². The Morgan fingerprint density at radius 1 is 1.31 bits per heavy atom. The number of quaternary nitrogens is 1. The third kappa shape index (κ3) is 2.46. The van der Waals surface area contributed by atoms with Gasteiger partial charge in [0, 0.05) is 6.42 Å². The smallest absolute Gasteiger partial charge is 0.118 e. The molecule has 0 unspecified atom stereocenters. The summed E-state index contributed by atoms with van der Waals surface area (Å²) < 4.78 is 0. The second kappa shape index (κ2) is 4.28. The first-order chi connectivity index (χ1) is 6.15. The molecular weight excluding hydrogens is 162 g/mol. The number of benzene rings is 1. The van der Waals surface area contributed by atoms with E-state index in [2.05, 4.69) is 7.05 Å². The van der Waals surface area contributed by atoms with E-state index >= 15 is 0 Å². The quantitative estimate of drug-likeness (QED) is 0.665. The van der Waals surface area contributed by atoms with Gasteiger partial charge in [-0.3, -0.25) is 0 Å². The van der Waals surface area contributed by atoms with Crippen LogP contribution < -0.4 is 5.32 Å². The Kier molecular flexibility index (Phi) is 3.32. The van der Waals surface area contributed by atoms with Crippen LogP contribution in [0.1, 0.15) is 16.7 Å². The minimum atomic E-state index is 0.389. The van der Waals surface area contributed by atoms with Gasteiger partial charge >= 0.3 is 0 Å². The molecule has 0 aromatic heterocycles. The number of aromatic hydroxyl groups is 1. The number of phenolic OH excluding ortho intramolecular Hbond substituents is 1. The number of nitrogens with two attached hydrogens (primary N) is 1. The highest BCUT2D eigenvalue weighted by Gasteiger charge is 2.02. The lowest BCUT2D eigenvalue weighted by Gasteiger charge is -2.08. The van der Waals surface area contributed by atoms with E-state index in [0.717, 1.165) is 24.1 Å². The molecule has 0 spiro atoms. The molecule has 0 atom stereocenters. The van der Waals surface area contributed by atoms with Crippen molar-refractivity contribution in [3.8, 4) is 5.75 Å². The van der Waals surface area contributed by atoms with Crippen LogP contribution in [0, 0.1) is 20.9 Å². The summed E-state index contributed by atoms with van der Waals surface area (Å²) in [5, 5.41) is 11.3. The molecule has 0 aliphatic heterocycles. The SMILES string of the molecule is [CH2-][NH2+]CCc1cc(C)c(O)cc1C. The fourth-order valence-corrected chi connectivity index (χ4v) is 1.39. The van der Waals surface area contributed by atoms with Crippen LogP contribution in [0.3, 0.4) is 0 Å². The van der Waals surface area contributed by atoms with E-state index < -0.39 is 0 Å². The van der Waals surface area contributed by atoms with Crippen molar-refractivity contribution in [3.63, 3.8) is 0 Å². The fourth-order valence-electron chi connectivity index (χ4n) is 1.39. The van der Waals surface area contributed by atoms with Gasteiger partial charge in [0.15, 0.2) is 0 Å². The second-order valence-electron chi connectivity index (χ2n) is 3.39. The molecule has 1 aromatic carbocycles. The maximum atomic E-state index is 9.43. The Balaban J connectivity index is 2.88. The maximum absolute atomic E-state index is 9.43. The highest BCUT2D eigenvalue weighted by Crippen LogP contribution is 2.21. The van der Waals surface area contributed by atoms with Crippen LogP contribution in [0.15, 0.2) is 12.1 Å². The number of hydrogen-bond donors (Lipinski definition) is 2. The van der Waals surface area contributed by atoms with Gasteiger partial charge < -0.3 is 10.4 Å². The Hall–Kier alpha value is -1.02. The summed E-state index contributed by atoms with van der Waals surface area (Å²) in [6, 6.07) is 3.88. The van der Waals surface area contributed by atoms with Crippen LogP contribution >= 0.6 is 0 Å². The second-order valence-corrected chi connectivity index (χ2v) is 3.39. The largest absolute Gasteiger partial charge is 0.508 e. The van der Waals surface area contributed by atoms with Crippen molar-refractivity contribution in [2.45, 2.75) is 20.3 Å². The normalized spacial score (nSPS) is 10.4. The minimum absolute atomic E-state index is 0.389. The summed E-state index contributed by atoms with van der Waals surface area (Å²) in [6.45, 7) is 4.94. The summed E-state index contributed by atoms with van der Waals surface area (Å²) in [6.07, 6.45) is 1.01. The van der Waals surface area contributed by atoms with Crippen LogP contribution in [0.5, 0.6) is 5.75 Å². The molecule has 0 fully saturated rings. The highest BCUT2D eigenvalue weighted by atomic mass is 16.3. The molecule has 13 heavy (non-hydrogen) atoms. The van der Waals surface area contributed by atoms with Crippen molar-refractivity contribution in [1.82, 2.24) is 0 Å². The molecule has 2 heteroatoms. The van der Waals surface area contributed by atoms with Crippen molar-refractivity contribution in [1.29, 1.82) is 0 Å². The molecule has 0 aliphatic carbocycles. The predicted molar refractivity (Wildman–Crippen MR) is 53.4 cm³/mol. The fraction of sp³-hybridized carbons (Fsp3) is 0.364. The Morgan fingerprint density at radius 3 is 2.62 bits per heavy atom. The van der Waals surface area contributed by atoms with E-state index in [1.165, 1.54) is 5.56 Å². The van der Waals surface area contributed by atoms with Crippen molar-refractivity contribution < 1.29 is 10.4 Å². The average molecular weight is 179 g/mol. The molecule has 0 bridgehead atoms. The first-order valence-electron chi connectivity index (χ1n) is 4.55. The van der Waals surface area contributed by atoms with E-state index in [1.807, 2.05) is 31.3 Å². The molecule has 0 radical (unpaired) electrons. The minimum Gasteiger partial charge on any atom is -0.508 e. The number of phenols is 1. The van der Waals surface area contributed by atoms with Crippen molar-refractivity contribution in [3.05, 3.63) is 35.9 Å². The molecule has 72 valence electrons. The highest BCUT2D eigenvalue weighted by molar-refractivity contribution is 5.40. The molecule has 0 amide bonds. The van der Waals surface area contributed by atoms with Gasteiger partial charge in [-0.15, -0.1) is 0 Å². The lowest BCUT2D eigenvalue weighted by Crippen LogP contribution is -2.77. The zero-order valence-electron chi connectivity index (χ0n) is 8.30. The van der Waals surface area contributed by atoms with Crippen molar-refractivity contribution in [2.75, 3.05) is 6.54 Å². The monoisotopic (exact) mass is 179 g/mol. The summed E-state index contributed by atoms with van der Waals surface area (Å²) >= 11 is 0. The molecule has 0 saturated carbocycles. The molecule has 0 aliphatic rings. The van der Waals surface area contributed by atoms with Crippen molar-refractivity contribution in [2.24, 2.45) is 0 Å². The van der Waals surface area contributed by atoms with Crippen LogP contribution in [-0.4, -0.2) is 11.7 Å². The van der Waals surface area contributed by atoms with Crippen LogP contribution in [-0.2, 0) is 6.42 Å². The van der Waals surface area contributed by atoms with E-state index in [4.69, 9.17) is 0 Å². The van der Waals surface area contributed by atoms with E-state index in [1.54, 1.807) is 0 Å². The maximum Gasteiger partial charge on any atom is 0.118 e. The Labute approximate surface area is 79.6 Å². The average Bonchev–Trinajstić information content (AvgIpc) is 2.09. The van der Waals surface area contributed by atoms with Crippen LogP contribution in [0.2, 0.25) is 0 Å². The van der Waals surface area contributed by atoms with Gasteiger partial charge in [-0.1, -0.05) is 6.07 Å². The number of aryl methyl sites for hydroxylation is 2. The molecule has 0 saturated heterocycles. The topological polar surface area (TPSA) is 36.8 Å². The third-order valence-electron chi connectivity index (χ3n) is 2.27. The van der Waals surface area contributed by atoms with Gasteiger partial charge in [-0.2, -0.15) is 7.05 Å². The van der Waals surface area contributed by atoms with Gasteiger partial charge in [0.05, 0.1) is 6.54 Å². The molecule has 3 N–H and O–H groups in total. The Morgan fingerprint density at radius 2 is 2.00 bits per heavy atom. The summed E-state index contributed by atoms with van der Waals surface area (Å²) in [7, 11) is 3.70. The lowest BCUT2D eigenvalue weighted by molar-refractivity contribution is -0.594. The predicted octanol–water partition coefficient (Wildman–Crippen LogP) is 0.907. The molecule has 1 rings (SSSR count). The van der Waals surface area contributed by atoms with Crippen LogP contribution in [0.25, 0.3) is 0 Å². The molecule has 0 heterocycles. The standard InChI is InChI=1S/C11H17NO/c1-8-7-11(13)9(2)6-10(8)4-5-12-3/h6-7,13H,3-5,12H2,1-2H3. The summed E-state index contributed by atoms with van der Waals surface area (Å²) in [5.74, 6) is 0.389. The summed E-state index contributed by atoms with van der Waals surface area (Å²) in [4.78, 5) is 0. The molecule has 2 nitrogen and oxygen atoms in total. The Bertz CT molecular complexity index is 294. The first-order valence-corrected chi connectivity index (χ1v) is 4.55. The summed E-state index contributed by atoms with van der Waals surface area (Å²) in [5.41, 5.74) is 3.41. The van der Waals surface area contributed by atoms with E-state index in [9.17, 15) is 5.11 Å². The lowest BCUT2D eigenvalue weighted by atomic mass is 10.0. The van der Waals surface area contributed by atoms with Gasteiger partial charge in [-0.05, 0) is 36.6 Å². The number of rotatable bonds is 3. The first kappa shape index (κ1) is 10.1. The van der Waals surface area contributed by atoms with E-state index in [0.29, 0.717) is 5.75 Å². The molecule has 1 aromatic rings. The van der Waals surface area contributed by atoms with Gasteiger partial charge in [0.25, 0.3) is 0 Å². The van der Waals surface area contributed by atoms with Crippen molar-refractivity contribution >= 4 is 0 Å². The van der Waals surface area contributed by atoms with E-state index in [-0.39, 0.29) is 0 Å². The van der Waals surface area contributed by atoms with Gasteiger partial charge in [-0.25, -0.2) is 0 Å². The van der Waals surface area contributed by atoms with Gasteiger partial charge in [0.1, 0.15) is 5.75 Å². The number of hydrogen-bond acceptors (Lipinski definition) is 1. The third-order valence-corrected chi connectivity index (χ3v) is 2.27. The zero-order chi connectivity index (χ0) is 9.84. The van der Waals surface area contributed by atoms with Crippen LogP contribution in [0.4, 0.5) is 0 Å².